The summed E-state index contributed by atoms with van der Waals surface area (Å²) >= 11 is 0. The Morgan fingerprint density at radius 1 is 0.838 bits per heavy atom. The van der Waals surface area contributed by atoms with E-state index in [-0.39, 0.29) is 47.3 Å². The Balaban J connectivity index is 0.757. The van der Waals surface area contributed by atoms with Crippen LogP contribution in [0.1, 0.15) is 96.7 Å². The molecule has 1 aliphatic carbocycles. The van der Waals surface area contributed by atoms with Gasteiger partial charge in [0.2, 0.25) is 11.8 Å². The van der Waals surface area contributed by atoms with Gasteiger partial charge in [-0.25, -0.2) is 15.0 Å². The predicted molar refractivity (Wildman–Crippen MR) is 285 cm³/mol. The molecule has 4 amide bonds. The molecule has 6 aromatic rings. The zero-order valence-electron chi connectivity index (χ0n) is 42.3. The molecule has 4 atom stereocenters. The van der Waals surface area contributed by atoms with Crippen LogP contribution in [0.2, 0.25) is 0 Å². The Morgan fingerprint density at radius 2 is 1.61 bits per heavy atom. The van der Waals surface area contributed by atoms with Crippen LogP contribution in [0.25, 0.3) is 22.5 Å². The van der Waals surface area contributed by atoms with E-state index < -0.39 is 6.04 Å². The molecule has 2 saturated heterocycles. The number of carbonyl (C=O) groups excluding carboxylic acids is 4. The molecule has 3 fully saturated rings. The summed E-state index contributed by atoms with van der Waals surface area (Å²) < 4.78 is 11.7. The Hall–Kier alpha value is -7.86. The fourth-order valence-electron chi connectivity index (χ4n) is 10.5. The van der Waals surface area contributed by atoms with Crippen molar-refractivity contribution in [3.63, 3.8) is 0 Å². The normalized spacial score (nSPS) is 18.0. The van der Waals surface area contributed by atoms with Gasteiger partial charge in [-0.05, 0) is 117 Å². The second-order valence-electron chi connectivity index (χ2n) is 19.3. The lowest BCUT2D eigenvalue weighted by atomic mass is 9.84. The van der Waals surface area contributed by atoms with Gasteiger partial charge in [0.15, 0.2) is 0 Å². The number of nitrogens with zero attached hydrogens (tertiary/aromatic N) is 6. The van der Waals surface area contributed by atoms with Gasteiger partial charge in [-0.1, -0.05) is 43.2 Å². The quantitative estimate of drug-likeness (QED) is 0.0351. The van der Waals surface area contributed by atoms with Gasteiger partial charge >= 0.3 is 0 Å². The van der Waals surface area contributed by atoms with Gasteiger partial charge in [-0.15, -0.1) is 0 Å². The van der Waals surface area contributed by atoms with Crippen molar-refractivity contribution in [3.8, 4) is 28.3 Å². The Kier molecular flexibility index (Phi) is 16.4. The van der Waals surface area contributed by atoms with Crippen molar-refractivity contribution in [1.82, 2.24) is 41.1 Å². The zero-order valence-corrected chi connectivity index (χ0v) is 42.3. The van der Waals surface area contributed by atoms with Gasteiger partial charge in [0.25, 0.3) is 11.8 Å². The second-order valence-corrected chi connectivity index (χ2v) is 19.3. The molecule has 3 aromatic heterocycles. The monoisotopic (exact) mass is 1000 g/mol. The molecule has 1 unspecified atom stereocenters. The van der Waals surface area contributed by atoms with Gasteiger partial charge in [-0.2, -0.15) is 5.10 Å². The molecule has 3 aliphatic rings. The number of fused-ring (bicyclic) bond motifs is 1. The Labute approximate surface area is 431 Å². The van der Waals surface area contributed by atoms with Crippen LogP contribution in [0.3, 0.4) is 0 Å². The summed E-state index contributed by atoms with van der Waals surface area (Å²) in [6.45, 7) is 4.49. The molecule has 1 saturated carbocycles. The number of pyridine rings is 1. The summed E-state index contributed by atoms with van der Waals surface area (Å²) in [6.07, 6.45) is 9.28. The number of methoxy groups -OCH3 is 1. The molecular weight excluding hydrogens is 937 g/mol. The van der Waals surface area contributed by atoms with Crippen molar-refractivity contribution in [2.75, 3.05) is 67.9 Å². The summed E-state index contributed by atoms with van der Waals surface area (Å²) in [5.74, 6) is 1.54. The maximum absolute atomic E-state index is 13.6. The number of likely N-dealkylation sites (N-methyl/N-ethyl adjacent to an activating group) is 1. The van der Waals surface area contributed by atoms with E-state index in [0.717, 1.165) is 48.9 Å². The smallest absolute Gasteiger partial charge is 0.274 e. The molecular formula is C56H66N12O6. The van der Waals surface area contributed by atoms with Crippen LogP contribution in [0, 0.1) is 11.8 Å². The molecule has 7 N–H and O–H groups in total. The first-order valence-electron chi connectivity index (χ1n) is 25.8. The van der Waals surface area contributed by atoms with Crippen molar-refractivity contribution < 1.29 is 28.7 Å². The molecule has 386 valence electrons. The molecule has 5 heterocycles. The first-order chi connectivity index (χ1) is 36.0. The maximum Gasteiger partial charge on any atom is 0.274 e. The van der Waals surface area contributed by atoms with Crippen LogP contribution in [0.4, 0.5) is 22.9 Å². The number of aromatic amines is 1. The van der Waals surface area contributed by atoms with E-state index >= 15 is 0 Å². The number of aromatic nitrogens is 5. The van der Waals surface area contributed by atoms with Crippen molar-refractivity contribution >= 4 is 46.5 Å². The van der Waals surface area contributed by atoms with Crippen molar-refractivity contribution in [2.45, 2.75) is 82.8 Å². The molecule has 0 spiro atoms. The van der Waals surface area contributed by atoms with E-state index in [4.69, 9.17) is 25.2 Å². The largest absolute Gasteiger partial charge is 0.494 e. The third-order valence-electron chi connectivity index (χ3n) is 14.5. The fourth-order valence-corrected chi connectivity index (χ4v) is 10.5. The number of nitrogens with two attached hydrogens (primary N) is 1. The third-order valence-corrected chi connectivity index (χ3v) is 14.5. The summed E-state index contributed by atoms with van der Waals surface area (Å²) in [4.78, 5) is 72.4. The SMILES string of the molecule is CNC(=O)[C@@H]1C[C@@H]2CCCC[C@@H]2N1c1cc(C(C)NC(=O)c2ccc(-c3ccc(N)cc3)cc2)nc(CCCOCCNC(=O)C2CCN(c3ccc(NC(=O)c4cccc(-c5ccn[nH]5)n4)c(OC)c3)CC2)n1. The van der Waals surface area contributed by atoms with E-state index in [0.29, 0.717) is 116 Å². The summed E-state index contributed by atoms with van der Waals surface area (Å²) in [5, 5.41) is 18.9. The number of hydrogen-bond acceptors (Lipinski definition) is 13. The van der Waals surface area contributed by atoms with E-state index in [9.17, 15) is 19.2 Å². The lowest BCUT2D eigenvalue weighted by Gasteiger charge is -2.35. The highest BCUT2D eigenvalue weighted by Gasteiger charge is 2.46. The average Bonchev–Trinajstić information content (AvgIpc) is 4.13. The fraction of sp³-hybridized carbons (Fsp3) is 0.393. The van der Waals surface area contributed by atoms with Crippen molar-refractivity contribution in [1.29, 1.82) is 0 Å². The molecule has 18 heteroatoms. The van der Waals surface area contributed by atoms with E-state index in [2.05, 4.69) is 46.2 Å². The highest BCUT2D eigenvalue weighted by Crippen LogP contribution is 2.42. The van der Waals surface area contributed by atoms with E-state index in [1.165, 1.54) is 0 Å². The molecule has 74 heavy (non-hydrogen) atoms. The first kappa shape index (κ1) is 51.1. The number of hydrogen-bond donors (Lipinski definition) is 6. The van der Waals surface area contributed by atoms with Crippen LogP contribution in [0.15, 0.2) is 103 Å². The number of piperidine rings is 1. The molecule has 3 aromatic carbocycles. The molecule has 0 radical (unpaired) electrons. The predicted octanol–water partition coefficient (Wildman–Crippen LogP) is 7.13. The lowest BCUT2D eigenvalue weighted by Crippen LogP contribution is -2.46. The van der Waals surface area contributed by atoms with Crippen LogP contribution in [-0.4, -0.2) is 108 Å². The van der Waals surface area contributed by atoms with Gasteiger partial charge in [0.1, 0.15) is 29.1 Å². The molecule has 0 bridgehead atoms. The van der Waals surface area contributed by atoms with Gasteiger partial charge in [-0.3, -0.25) is 24.3 Å². The average molecular weight is 1000 g/mol. The van der Waals surface area contributed by atoms with Crippen LogP contribution in [0.5, 0.6) is 5.75 Å². The van der Waals surface area contributed by atoms with Crippen LogP contribution >= 0.6 is 0 Å². The van der Waals surface area contributed by atoms with Crippen molar-refractivity contribution in [2.24, 2.45) is 11.8 Å². The van der Waals surface area contributed by atoms with Crippen LogP contribution < -0.4 is 41.5 Å². The van der Waals surface area contributed by atoms with Gasteiger partial charge in [0.05, 0.1) is 42.5 Å². The summed E-state index contributed by atoms with van der Waals surface area (Å²) in [6, 6.07) is 29.1. The minimum atomic E-state index is -0.451. The molecule has 9 rings (SSSR count). The molecule has 2 aliphatic heterocycles. The number of benzene rings is 3. The minimum Gasteiger partial charge on any atom is -0.494 e. The number of nitrogen functional groups attached to an aromatic ring is 1. The van der Waals surface area contributed by atoms with E-state index in [1.807, 2.05) is 85.8 Å². The highest BCUT2D eigenvalue weighted by atomic mass is 16.5. The number of amides is 4. The standard InChI is InChI=1S/C56H66N12O6/c1-35(61-54(70)38-15-13-36(14-16-38)37-17-19-41(57)20-18-37)47-34-52(68-48-11-5-4-8-40(48)32-49(68)56(72)58-2)65-51(63-47)12-7-30-74-31-27-59-53(69)39-24-28-67(29-25-39)42-21-22-45(50(33-42)73-3)64-55(71)46-10-6-9-43(62-46)44-23-26-60-66-44/h6,9-10,13-23,26,33-35,39-40,48-49H,4-5,7-8,11-12,24-25,27-32,57H2,1-3H3,(H,58,72)(H,59,69)(H,60,66)(H,61,70)(H,64,71)/t35?,40-,48-,49-/m0/s1. The zero-order chi connectivity index (χ0) is 51.6. The summed E-state index contributed by atoms with van der Waals surface area (Å²) in [5.41, 5.74) is 12.8. The Bertz CT molecular complexity index is 2890. The van der Waals surface area contributed by atoms with Gasteiger partial charge < -0.3 is 46.3 Å². The third kappa shape index (κ3) is 12.1. The number of anilines is 4. The topological polar surface area (TPSA) is 235 Å². The first-order valence-corrected chi connectivity index (χ1v) is 25.8. The number of ether oxygens (including phenoxy) is 2. The number of rotatable bonds is 19. The minimum absolute atomic E-state index is 0.0143. The van der Waals surface area contributed by atoms with Crippen LogP contribution in [-0.2, 0) is 20.7 Å². The number of carbonyl (C=O) groups is 4. The number of nitrogens with one attached hydrogen (secondary N) is 5. The van der Waals surface area contributed by atoms with Crippen molar-refractivity contribution in [3.05, 3.63) is 126 Å². The molecule has 18 nitrogen and oxygen atoms in total. The highest BCUT2D eigenvalue weighted by molar-refractivity contribution is 6.04. The lowest BCUT2D eigenvalue weighted by molar-refractivity contribution is -0.126. The number of H-pyrrole nitrogens is 1. The van der Waals surface area contributed by atoms with Gasteiger partial charge in [0, 0.05) is 86.9 Å². The Morgan fingerprint density at radius 3 is 2.35 bits per heavy atom. The summed E-state index contributed by atoms with van der Waals surface area (Å²) in [7, 11) is 3.25. The second kappa shape index (κ2) is 23.8. The van der Waals surface area contributed by atoms with E-state index in [1.54, 1.807) is 38.6 Å². The maximum atomic E-state index is 13.6. The number of aryl methyl sites for hydroxylation is 1.